The molecular weight excluding hydrogens is 354 g/mol. The van der Waals surface area contributed by atoms with Crippen LogP contribution in [-0.2, 0) is 23.8 Å². The van der Waals surface area contributed by atoms with Crippen molar-refractivity contribution in [2.45, 2.75) is 30.4 Å². The summed E-state index contributed by atoms with van der Waals surface area (Å²) in [6.45, 7) is 1.39. The number of benzene rings is 1. The van der Waals surface area contributed by atoms with Crippen molar-refractivity contribution < 1.29 is 37.1 Å². The number of carboxylic acid groups (broad SMARTS) is 2. The number of hydrogen-bond acceptors (Lipinski definition) is 6. The molecule has 2 rings (SSSR count). The molecule has 138 valence electrons. The van der Waals surface area contributed by atoms with Gasteiger partial charge >= 0.3 is 12.1 Å². The van der Waals surface area contributed by atoms with Crippen molar-refractivity contribution in [3.63, 3.8) is 0 Å². The average Bonchev–Trinajstić information content (AvgIpc) is 2.96. The maximum absolute atomic E-state index is 12.0. The summed E-state index contributed by atoms with van der Waals surface area (Å²) in [5.41, 5.74) is 0.909. The number of amides is 1. The van der Waals surface area contributed by atoms with Crippen molar-refractivity contribution in [3.05, 3.63) is 29.8 Å². The number of aryl methyl sites for hydroxylation is 1. The Morgan fingerprint density at radius 3 is 2.40 bits per heavy atom. The maximum atomic E-state index is 12.0. The molecule has 1 aliphatic heterocycles. The highest BCUT2D eigenvalue weighted by Crippen LogP contribution is 2.21. The van der Waals surface area contributed by atoms with Crippen molar-refractivity contribution in [3.8, 4) is 0 Å². The zero-order valence-corrected chi connectivity index (χ0v) is 14.3. The molecule has 1 aromatic carbocycles. The normalized spacial score (nSPS) is 20.6. The van der Waals surface area contributed by atoms with E-state index in [0.717, 1.165) is 10.5 Å². The largest absolute Gasteiger partial charge is 0.480 e. The van der Waals surface area contributed by atoms with E-state index < -0.39 is 34.3 Å². The molecule has 0 saturated carbocycles. The fourth-order valence-electron chi connectivity index (χ4n) is 2.56. The van der Waals surface area contributed by atoms with E-state index in [2.05, 4.69) is 0 Å². The van der Waals surface area contributed by atoms with Gasteiger partial charge in [0.25, 0.3) is 10.1 Å². The van der Waals surface area contributed by atoms with E-state index in [1.807, 2.05) is 6.92 Å². The highest BCUT2D eigenvalue weighted by Gasteiger charge is 2.42. The van der Waals surface area contributed by atoms with E-state index in [-0.39, 0.29) is 31.1 Å². The van der Waals surface area contributed by atoms with Gasteiger partial charge in [0.05, 0.1) is 24.2 Å². The first-order chi connectivity index (χ1) is 11.7. The Labute approximate surface area is 144 Å². The average molecular weight is 373 g/mol. The van der Waals surface area contributed by atoms with Gasteiger partial charge in [0.15, 0.2) is 6.04 Å². The predicted molar refractivity (Wildman–Crippen MR) is 84.8 cm³/mol. The minimum Gasteiger partial charge on any atom is -0.480 e. The first-order valence-electron chi connectivity index (χ1n) is 7.52. The smallest absolute Gasteiger partial charge is 0.408 e. The van der Waals surface area contributed by atoms with Crippen LogP contribution in [0.4, 0.5) is 4.79 Å². The minimum absolute atomic E-state index is 0.0134. The number of nitrogens with zero attached hydrogens (tertiary/aromatic N) is 1. The third-order valence-electron chi connectivity index (χ3n) is 3.80. The van der Waals surface area contributed by atoms with Crippen LogP contribution in [0.25, 0.3) is 0 Å². The van der Waals surface area contributed by atoms with Crippen molar-refractivity contribution in [2.24, 2.45) is 0 Å². The summed E-state index contributed by atoms with van der Waals surface area (Å²) in [4.78, 5) is 23.0. The molecule has 1 saturated heterocycles. The van der Waals surface area contributed by atoms with Crippen LogP contribution in [0.1, 0.15) is 12.0 Å². The summed E-state index contributed by atoms with van der Waals surface area (Å²) < 4.78 is 34.2. The first kappa shape index (κ1) is 19.2. The molecule has 0 unspecified atom stereocenters. The first-order valence-corrected chi connectivity index (χ1v) is 8.93. The number of aliphatic carboxylic acids is 1. The molecule has 0 aromatic heterocycles. The second kappa shape index (κ2) is 7.81. The molecule has 9 nitrogen and oxygen atoms in total. The molecule has 2 N–H and O–H groups in total. The molecular formula is C15H19NO8S. The van der Waals surface area contributed by atoms with Crippen LogP contribution < -0.4 is 0 Å². The maximum Gasteiger partial charge on any atom is 0.408 e. The molecule has 2 atom stereocenters. The molecule has 0 aliphatic carbocycles. The lowest BCUT2D eigenvalue weighted by Gasteiger charge is -2.22. The van der Waals surface area contributed by atoms with E-state index in [1.54, 1.807) is 12.1 Å². The molecule has 0 radical (unpaired) electrons. The van der Waals surface area contributed by atoms with Crippen LogP contribution in [0.5, 0.6) is 0 Å². The van der Waals surface area contributed by atoms with Gasteiger partial charge in [-0.1, -0.05) is 17.7 Å². The number of carbonyl (C=O) groups is 2. The van der Waals surface area contributed by atoms with Crippen molar-refractivity contribution >= 4 is 22.2 Å². The predicted octanol–water partition coefficient (Wildman–Crippen LogP) is 0.922. The third kappa shape index (κ3) is 4.68. The number of carboxylic acids is 1. The molecule has 0 spiro atoms. The van der Waals surface area contributed by atoms with Crippen LogP contribution in [0, 0.1) is 6.92 Å². The highest BCUT2D eigenvalue weighted by molar-refractivity contribution is 7.86. The number of rotatable bonds is 7. The monoisotopic (exact) mass is 373 g/mol. The molecule has 25 heavy (non-hydrogen) atoms. The number of hydrogen-bond donors (Lipinski definition) is 2. The van der Waals surface area contributed by atoms with Crippen molar-refractivity contribution in [1.29, 1.82) is 0 Å². The Hall–Kier alpha value is -2.17. The van der Waals surface area contributed by atoms with E-state index in [0.29, 0.717) is 0 Å². The summed E-state index contributed by atoms with van der Waals surface area (Å²) in [5.74, 6) is -1.31. The summed E-state index contributed by atoms with van der Waals surface area (Å²) >= 11 is 0. The zero-order valence-electron chi connectivity index (χ0n) is 13.5. The Morgan fingerprint density at radius 1 is 1.20 bits per heavy atom. The van der Waals surface area contributed by atoms with Gasteiger partial charge in [0, 0.05) is 6.54 Å². The fourth-order valence-corrected chi connectivity index (χ4v) is 3.45. The van der Waals surface area contributed by atoms with Gasteiger partial charge in [-0.2, -0.15) is 8.42 Å². The zero-order chi connectivity index (χ0) is 18.6. The Morgan fingerprint density at radius 2 is 1.84 bits per heavy atom. The second-order valence-electron chi connectivity index (χ2n) is 5.55. The van der Waals surface area contributed by atoms with Crippen LogP contribution in [0.2, 0.25) is 0 Å². The van der Waals surface area contributed by atoms with Gasteiger partial charge in [-0.25, -0.2) is 9.59 Å². The van der Waals surface area contributed by atoms with Crippen LogP contribution in [0.15, 0.2) is 29.2 Å². The van der Waals surface area contributed by atoms with E-state index in [9.17, 15) is 18.0 Å². The molecule has 0 bridgehead atoms. The highest BCUT2D eigenvalue weighted by atomic mass is 32.2. The van der Waals surface area contributed by atoms with Crippen LogP contribution in [0.3, 0.4) is 0 Å². The van der Waals surface area contributed by atoms with Gasteiger partial charge < -0.3 is 14.9 Å². The summed E-state index contributed by atoms with van der Waals surface area (Å²) in [6.07, 6.45) is -1.97. The van der Waals surface area contributed by atoms with Crippen LogP contribution in [-0.4, -0.2) is 67.5 Å². The van der Waals surface area contributed by atoms with Crippen molar-refractivity contribution in [2.75, 3.05) is 19.8 Å². The summed E-state index contributed by atoms with van der Waals surface area (Å²) in [7, 11) is -3.93. The second-order valence-corrected chi connectivity index (χ2v) is 7.16. The third-order valence-corrected chi connectivity index (χ3v) is 5.13. The van der Waals surface area contributed by atoms with Crippen LogP contribution >= 0.6 is 0 Å². The Balaban J connectivity index is 1.87. The molecule has 1 heterocycles. The van der Waals surface area contributed by atoms with E-state index in [1.165, 1.54) is 12.1 Å². The number of likely N-dealkylation sites (tertiary alicyclic amines) is 1. The lowest BCUT2D eigenvalue weighted by molar-refractivity contribution is -0.145. The molecule has 10 heteroatoms. The number of ether oxygens (including phenoxy) is 1. The van der Waals surface area contributed by atoms with Gasteiger partial charge in [0.1, 0.15) is 0 Å². The lowest BCUT2D eigenvalue weighted by Crippen LogP contribution is -2.45. The van der Waals surface area contributed by atoms with Gasteiger partial charge in [-0.15, -0.1) is 0 Å². The topological polar surface area (TPSA) is 130 Å². The standard InChI is InChI=1S/C15H19NO8S/c1-10-2-4-11(5-3-10)25(21,22)24-9-8-23-12-6-7-16(15(19)20)13(12)14(17)18/h2-5,12-13H,6-9H2,1H3,(H,17,18)(H,19,20)/t12-,13-/m0/s1. The van der Waals surface area contributed by atoms with E-state index in [4.69, 9.17) is 19.1 Å². The van der Waals surface area contributed by atoms with Gasteiger partial charge in [0.2, 0.25) is 0 Å². The Bertz CT molecular complexity index is 730. The minimum atomic E-state index is -3.93. The SMILES string of the molecule is Cc1ccc(S(=O)(=O)OCCO[C@H]2CCN(C(=O)O)[C@@H]2C(=O)O)cc1. The molecule has 1 aromatic rings. The molecule has 1 aliphatic rings. The summed E-state index contributed by atoms with van der Waals surface area (Å²) in [6, 6.07) is 4.82. The Kier molecular flexibility index (Phi) is 5.98. The lowest BCUT2D eigenvalue weighted by atomic mass is 10.2. The quantitative estimate of drug-likeness (QED) is 0.533. The summed E-state index contributed by atoms with van der Waals surface area (Å²) in [5, 5.41) is 18.1. The van der Waals surface area contributed by atoms with Gasteiger partial charge in [-0.3, -0.25) is 9.08 Å². The molecule has 1 amide bonds. The van der Waals surface area contributed by atoms with E-state index >= 15 is 0 Å². The fraction of sp³-hybridized carbons (Fsp3) is 0.467. The van der Waals surface area contributed by atoms with Gasteiger partial charge in [-0.05, 0) is 25.5 Å². The van der Waals surface area contributed by atoms with Crippen molar-refractivity contribution in [1.82, 2.24) is 4.90 Å². The molecule has 1 fully saturated rings.